The predicted molar refractivity (Wildman–Crippen MR) is 128 cm³/mol. The Labute approximate surface area is 194 Å². The fourth-order valence-electron chi connectivity index (χ4n) is 2.72. The van der Waals surface area contributed by atoms with Gasteiger partial charge in [-0.3, -0.25) is 4.79 Å². The molecule has 1 heterocycles. The molecule has 8 heteroatoms. The van der Waals surface area contributed by atoms with Crippen molar-refractivity contribution in [1.82, 2.24) is 9.66 Å². The summed E-state index contributed by atoms with van der Waals surface area (Å²) in [6, 6.07) is 9.30. The zero-order chi connectivity index (χ0) is 21.1. The van der Waals surface area contributed by atoms with Gasteiger partial charge in [0.25, 0.3) is 5.56 Å². The van der Waals surface area contributed by atoms with Crippen LogP contribution in [0, 0.1) is 0 Å². The van der Waals surface area contributed by atoms with Crippen molar-refractivity contribution in [3.63, 3.8) is 0 Å². The summed E-state index contributed by atoms with van der Waals surface area (Å²) < 4.78 is 9.77. The molecule has 0 spiro atoms. The SMILES string of the molecule is CCc1nc2ccc(Br)cc2c(=O)n1N=Cc1cc(Br)c(O[C@@H](C)CC)c(Br)c1. The Kier molecular flexibility index (Phi) is 7.29. The van der Waals surface area contributed by atoms with Gasteiger partial charge in [0.15, 0.2) is 0 Å². The highest BCUT2D eigenvalue weighted by atomic mass is 79.9. The van der Waals surface area contributed by atoms with E-state index in [1.165, 1.54) is 4.68 Å². The van der Waals surface area contributed by atoms with Crippen LogP contribution in [0.1, 0.15) is 38.6 Å². The Morgan fingerprint density at radius 2 is 1.86 bits per heavy atom. The smallest absolute Gasteiger partial charge is 0.282 e. The average molecular weight is 586 g/mol. The van der Waals surface area contributed by atoms with Crippen LogP contribution in [0.5, 0.6) is 5.75 Å². The zero-order valence-electron chi connectivity index (χ0n) is 16.2. The van der Waals surface area contributed by atoms with Gasteiger partial charge >= 0.3 is 0 Å². The maximum absolute atomic E-state index is 13.0. The number of aryl methyl sites for hydroxylation is 1. The van der Waals surface area contributed by atoms with Gasteiger partial charge in [-0.1, -0.05) is 29.8 Å². The molecule has 1 aromatic heterocycles. The molecule has 0 saturated carbocycles. The fraction of sp³-hybridized carbons (Fsp3) is 0.286. The van der Waals surface area contributed by atoms with E-state index in [9.17, 15) is 4.79 Å². The van der Waals surface area contributed by atoms with Crippen molar-refractivity contribution in [2.24, 2.45) is 5.10 Å². The third-order valence-corrected chi connectivity index (χ3v) is 6.10. The standard InChI is InChI=1S/C21H20Br3N3O2/c1-4-12(3)29-20-16(23)8-13(9-17(20)24)11-25-27-19(5-2)26-18-7-6-14(22)10-15(18)21(27)28/h6-12H,4-5H2,1-3H3/t12-/m0/s1. The Balaban J connectivity index is 2.02. The minimum atomic E-state index is -0.195. The summed E-state index contributed by atoms with van der Waals surface area (Å²) >= 11 is 10.5. The Hall–Kier alpha value is -1.51. The van der Waals surface area contributed by atoms with Crippen LogP contribution in [0.2, 0.25) is 0 Å². The summed E-state index contributed by atoms with van der Waals surface area (Å²) in [4.78, 5) is 17.6. The summed E-state index contributed by atoms with van der Waals surface area (Å²) in [7, 11) is 0. The van der Waals surface area contributed by atoms with Crippen molar-refractivity contribution in [3.05, 3.63) is 65.5 Å². The third-order valence-electron chi connectivity index (χ3n) is 4.43. The fourth-order valence-corrected chi connectivity index (χ4v) is 4.49. The molecular weight excluding hydrogens is 566 g/mol. The second-order valence-electron chi connectivity index (χ2n) is 6.55. The molecule has 0 N–H and O–H groups in total. The van der Waals surface area contributed by atoms with Crippen LogP contribution in [0.25, 0.3) is 10.9 Å². The summed E-state index contributed by atoms with van der Waals surface area (Å²) in [6.45, 7) is 6.05. The van der Waals surface area contributed by atoms with E-state index in [1.807, 2.05) is 38.1 Å². The molecule has 0 aliphatic rings. The zero-order valence-corrected chi connectivity index (χ0v) is 21.0. The molecule has 2 aromatic carbocycles. The number of halogens is 3. The molecule has 0 fully saturated rings. The molecule has 29 heavy (non-hydrogen) atoms. The predicted octanol–water partition coefficient (Wildman–Crippen LogP) is 6.31. The van der Waals surface area contributed by atoms with Crippen molar-refractivity contribution in [2.75, 3.05) is 0 Å². The number of ether oxygens (including phenoxy) is 1. The quantitative estimate of drug-likeness (QED) is 0.319. The van der Waals surface area contributed by atoms with E-state index in [1.54, 1.807) is 12.3 Å². The lowest BCUT2D eigenvalue weighted by Crippen LogP contribution is -2.22. The highest BCUT2D eigenvalue weighted by Crippen LogP contribution is 2.35. The van der Waals surface area contributed by atoms with E-state index in [0.29, 0.717) is 23.1 Å². The minimum absolute atomic E-state index is 0.107. The molecule has 0 saturated heterocycles. The van der Waals surface area contributed by atoms with Crippen molar-refractivity contribution in [1.29, 1.82) is 0 Å². The van der Waals surface area contributed by atoms with E-state index < -0.39 is 0 Å². The summed E-state index contributed by atoms with van der Waals surface area (Å²) in [5.74, 6) is 1.36. The molecule has 0 amide bonds. The molecule has 0 aliphatic carbocycles. The van der Waals surface area contributed by atoms with Gasteiger partial charge in [-0.05, 0) is 81.1 Å². The lowest BCUT2D eigenvalue weighted by atomic mass is 10.2. The number of benzene rings is 2. The molecule has 3 aromatic rings. The molecule has 0 aliphatic heterocycles. The highest BCUT2D eigenvalue weighted by molar-refractivity contribution is 9.11. The van der Waals surface area contributed by atoms with Crippen LogP contribution in [0.3, 0.4) is 0 Å². The second-order valence-corrected chi connectivity index (χ2v) is 9.18. The first-order valence-electron chi connectivity index (χ1n) is 9.25. The monoisotopic (exact) mass is 583 g/mol. The second kappa shape index (κ2) is 9.53. The van der Waals surface area contributed by atoms with E-state index in [0.717, 1.165) is 31.2 Å². The molecular formula is C21H20Br3N3O2. The van der Waals surface area contributed by atoms with Crippen LogP contribution >= 0.6 is 47.8 Å². The van der Waals surface area contributed by atoms with Gasteiger partial charge in [0.1, 0.15) is 11.6 Å². The summed E-state index contributed by atoms with van der Waals surface area (Å²) in [6.07, 6.45) is 3.26. The largest absolute Gasteiger partial charge is 0.488 e. The first-order valence-corrected chi connectivity index (χ1v) is 11.6. The Morgan fingerprint density at radius 1 is 1.17 bits per heavy atom. The number of aromatic nitrogens is 2. The normalized spacial score (nSPS) is 12.6. The van der Waals surface area contributed by atoms with Gasteiger partial charge in [-0.15, -0.1) is 0 Å². The van der Waals surface area contributed by atoms with E-state index in [4.69, 9.17) is 4.74 Å². The third kappa shape index (κ3) is 4.98. The van der Waals surface area contributed by atoms with Gasteiger partial charge in [-0.2, -0.15) is 9.78 Å². The van der Waals surface area contributed by atoms with E-state index in [-0.39, 0.29) is 11.7 Å². The van der Waals surface area contributed by atoms with Crippen molar-refractivity contribution >= 4 is 64.9 Å². The molecule has 0 unspecified atom stereocenters. The molecule has 0 radical (unpaired) electrons. The summed E-state index contributed by atoms with van der Waals surface area (Å²) in [5.41, 5.74) is 1.29. The van der Waals surface area contributed by atoms with Gasteiger partial charge in [-0.25, -0.2) is 4.98 Å². The lowest BCUT2D eigenvalue weighted by Gasteiger charge is -2.16. The minimum Gasteiger partial charge on any atom is -0.488 e. The van der Waals surface area contributed by atoms with Crippen LogP contribution < -0.4 is 10.3 Å². The van der Waals surface area contributed by atoms with Crippen LogP contribution in [-0.2, 0) is 6.42 Å². The number of hydrogen-bond acceptors (Lipinski definition) is 4. The van der Waals surface area contributed by atoms with Gasteiger partial charge in [0.2, 0.25) is 0 Å². The van der Waals surface area contributed by atoms with Gasteiger partial charge in [0, 0.05) is 10.9 Å². The maximum Gasteiger partial charge on any atom is 0.282 e. The lowest BCUT2D eigenvalue weighted by molar-refractivity contribution is 0.214. The molecule has 5 nitrogen and oxygen atoms in total. The van der Waals surface area contributed by atoms with Crippen molar-refractivity contribution in [2.45, 2.75) is 39.7 Å². The van der Waals surface area contributed by atoms with Crippen molar-refractivity contribution in [3.8, 4) is 5.75 Å². The van der Waals surface area contributed by atoms with E-state index >= 15 is 0 Å². The average Bonchev–Trinajstić information content (AvgIpc) is 2.70. The molecule has 1 atom stereocenters. The van der Waals surface area contributed by atoms with Gasteiger partial charge < -0.3 is 4.74 Å². The van der Waals surface area contributed by atoms with Gasteiger partial charge in [0.05, 0.1) is 32.2 Å². The maximum atomic E-state index is 13.0. The van der Waals surface area contributed by atoms with Crippen LogP contribution in [0.15, 0.2) is 53.6 Å². The van der Waals surface area contributed by atoms with Crippen LogP contribution in [-0.4, -0.2) is 22.0 Å². The highest BCUT2D eigenvalue weighted by Gasteiger charge is 2.12. The van der Waals surface area contributed by atoms with E-state index in [2.05, 4.69) is 64.8 Å². The first-order chi connectivity index (χ1) is 13.8. The molecule has 152 valence electrons. The first kappa shape index (κ1) is 22.2. The molecule has 0 bridgehead atoms. The van der Waals surface area contributed by atoms with Crippen LogP contribution in [0.4, 0.5) is 0 Å². The summed E-state index contributed by atoms with van der Waals surface area (Å²) in [5, 5.41) is 4.96. The van der Waals surface area contributed by atoms with Crippen molar-refractivity contribution < 1.29 is 4.74 Å². The number of rotatable bonds is 6. The Morgan fingerprint density at radius 3 is 2.48 bits per heavy atom. The molecule has 3 rings (SSSR count). The number of hydrogen-bond donors (Lipinski definition) is 0. The topological polar surface area (TPSA) is 56.5 Å². The Bertz CT molecular complexity index is 1120. The number of fused-ring (bicyclic) bond motifs is 1. The number of nitrogens with zero attached hydrogens (tertiary/aromatic N) is 3.